The normalized spacial score (nSPS) is 15.4. The molecule has 1 aromatic rings. The fraction of sp³-hybridized carbons (Fsp3) is 0.765. The molecule has 1 saturated heterocycles. The highest BCUT2D eigenvalue weighted by Gasteiger charge is 2.20. The molecular weight excluding hydrogens is 502 g/mol. The van der Waals surface area contributed by atoms with Crippen LogP contribution in [-0.2, 0) is 27.2 Å². The van der Waals surface area contributed by atoms with E-state index in [1.807, 2.05) is 24.3 Å². The zero-order valence-corrected chi connectivity index (χ0v) is 26.0. The second kappa shape index (κ2) is 21.4. The van der Waals surface area contributed by atoms with Crippen LogP contribution in [0.1, 0.15) is 121 Å². The largest absolute Gasteiger partial charge is 0.465 e. The highest BCUT2D eigenvalue weighted by Crippen LogP contribution is 2.23. The maximum Gasteiger partial charge on any atom is 0.310 e. The van der Waals surface area contributed by atoms with Gasteiger partial charge >= 0.3 is 5.97 Å². The number of carbonyl (C=O) groups excluding carboxylic acids is 2. The summed E-state index contributed by atoms with van der Waals surface area (Å²) in [4.78, 5) is 28.1. The Kier molecular flexibility index (Phi) is 18.6. The van der Waals surface area contributed by atoms with Gasteiger partial charge in [-0.25, -0.2) is 0 Å². The van der Waals surface area contributed by atoms with Crippen molar-refractivity contribution in [2.75, 3.05) is 32.0 Å². The zero-order chi connectivity index (χ0) is 28.1. The van der Waals surface area contributed by atoms with Gasteiger partial charge in [-0.1, -0.05) is 102 Å². The molecule has 0 spiro atoms. The number of carbonyl (C=O) groups is 2. The molecule has 0 bridgehead atoms. The number of ether oxygens (including phenoxy) is 1. The molecular formula is C34H57NO3S. The van der Waals surface area contributed by atoms with Crippen LogP contribution in [0.25, 0.3) is 0 Å². The van der Waals surface area contributed by atoms with Crippen LogP contribution in [0.5, 0.6) is 0 Å². The number of nitrogens with zero attached hydrogens (tertiary/aromatic N) is 1. The van der Waals surface area contributed by atoms with Crippen LogP contribution < -0.4 is 0 Å². The van der Waals surface area contributed by atoms with E-state index >= 15 is 0 Å². The number of benzene rings is 1. The molecule has 0 aromatic heterocycles. The number of hydrogen-bond acceptors (Lipinski definition) is 5. The van der Waals surface area contributed by atoms with E-state index in [-0.39, 0.29) is 11.9 Å². The van der Waals surface area contributed by atoms with E-state index in [0.29, 0.717) is 31.1 Å². The lowest BCUT2D eigenvalue weighted by Gasteiger charge is -2.31. The Morgan fingerprint density at radius 1 is 0.846 bits per heavy atom. The number of unbranched alkanes of at least 4 members (excludes halogenated alkanes) is 8. The summed E-state index contributed by atoms with van der Waals surface area (Å²) in [6.45, 7) is 8.33. The maximum absolute atomic E-state index is 13.2. The van der Waals surface area contributed by atoms with Crippen molar-refractivity contribution in [2.45, 2.75) is 123 Å². The third-order valence-corrected chi connectivity index (χ3v) is 8.63. The summed E-state index contributed by atoms with van der Waals surface area (Å²) in [6.07, 6.45) is 18.7. The third kappa shape index (κ3) is 15.3. The van der Waals surface area contributed by atoms with Crippen molar-refractivity contribution in [2.24, 2.45) is 11.8 Å². The first-order valence-corrected chi connectivity index (χ1v) is 16.8. The lowest BCUT2D eigenvalue weighted by atomic mass is 9.88. The van der Waals surface area contributed by atoms with E-state index in [1.54, 1.807) is 0 Å². The summed E-state index contributed by atoms with van der Waals surface area (Å²) in [5, 5.41) is 0. The predicted molar refractivity (Wildman–Crippen MR) is 168 cm³/mol. The molecule has 1 aliphatic rings. The first-order chi connectivity index (χ1) is 19.0. The van der Waals surface area contributed by atoms with Crippen molar-refractivity contribution in [1.82, 2.24) is 4.90 Å². The van der Waals surface area contributed by atoms with Crippen LogP contribution in [0.4, 0.5) is 0 Å². The van der Waals surface area contributed by atoms with Crippen LogP contribution in [0.2, 0.25) is 0 Å². The Hall–Kier alpha value is -1.33. The minimum absolute atomic E-state index is 0.155. The summed E-state index contributed by atoms with van der Waals surface area (Å²) in [5.74, 6) is 2.00. The molecule has 2 rings (SSSR count). The van der Waals surface area contributed by atoms with Gasteiger partial charge in [0, 0.05) is 24.6 Å². The number of Topliss-reactive ketones (excluding diaryl/α,β-unsaturated/α-hetero) is 1. The van der Waals surface area contributed by atoms with Crippen LogP contribution in [0.15, 0.2) is 24.3 Å². The van der Waals surface area contributed by atoms with Gasteiger partial charge in [-0.15, -0.1) is 0 Å². The summed E-state index contributed by atoms with van der Waals surface area (Å²) < 4.78 is 5.55. The highest BCUT2D eigenvalue weighted by molar-refractivity contribution is 7.80. The topological polar surface area (TPSA) is 46.6 Å². The fourth-order valence-corrected chi connectivity index (χ4v) is 6.06. The summed E-state index contributed by atoms with van der Waals surface area (Å²) >= 11 is 4.33. The number of hydrogen-bond donors (Lipinski definition) is 1. The van der Waals surface area contributed by atoms with Gasteiger partial charge in [0.05, 0.1) is 13.0 Å². The molecule has 5 heteroatoms. The summed E-state index contributed by atoms with van der Waals surface area (Å²) in [5.41, 5.74) is 2.02. The number of esters is 1. The van der Waals surface area contributed by atoms with Crippen molar-refractivity contribution in [3.8, 4) is 0 Å². The predicted octanol–water partition coefficient (Wildman–Crippen LogP) is 8.25. The molecule has 0 amide bonds. The first kappa shape index (κ1) is 33.9. The third-order valence-electron chi connectivity index (χ3n) is 8.43. The van der Waals surface area contributed by atoms with Crippen molar-refractivity contribution in [3.05, 3.63) is 35.4 Å². The Bertz CT molecular complexity index is 773. The highest BCUT2D eigenvalue weighted by atomic mass is 32.1. The fourth-order valence-electron chi connectivity index (χ4n) is 5.77. The lowest BCUT2D eigenvalue weighted by Crippen LogP contribution is -2.35. The Balaban J connectivity index is 1.72. The van der Waals surface area contributed by atoms with Gasteiger partial charge in [0.2, 0.25) is 0 Å². The molecule has 1 heterocycles. The number of rotatable bonds is 22. The van der Waals surface area contributed by atoms with Crippen molar-refractivity contribution < 1.29 is 14.3 Å². The Morgan fingerprint density at radius 3 is 1.97 bits per heavy atom. The van der Waals surface area contributed by atoms with Crippen molar-refractivity contribution in [3.63, 3.8) is 0 Å². The second-order valence-electron chi connectivity index (χ2n) is 11.8. The van der Waals surface area contributed by atoms with Gasteiger partial charge in [0.25, 0.3) is 0 Å². The van der Waals surface area contributed by atoms with E-state index in [9.17, 15) is 9.59 Å². The Morgan fingerprint density at radius 2 is 1.38 bits per heavy atom. The lowest BCUT2D eigenvalue weighted by molar-refractivity contribution is -0.143. The molecule has 1 aliphatic heterocycles. The molecule has 4 nitrogen and oxygen atoms in total. The standard InChI is InChI=1S/C34H57NO3S/c1-3-5-7-9-10-12-14-32(13-11-8-6-4-2)33(36)27-30-15-17-31(18-16-30)28-34(37)38-25-21-29-19-22-35(23-20-29)24-26-39/h15-18,29,32,39H,3-14,19-28H2,1-2H3. The molecule has 1 aromatic carbocycles. The van der Waals surface area contributed by atoms with Gasteiger partial charge in [-0.2, -0.15) is 12.6 Å². The smallest absolute Gasteiger partial charge is 0.310 e. The average molecular weight is 560 g/mol. The van der Waals surface area contributed by atoms with E-state index in [1.165, 1.54) is 70.6 Å². The van der Waals surface area contributed by atoms with Crippen molar-refractivity contribution >= 4 is 24.4 Å². The van der Waals surface area contributed by atoms with Crippen LogP contribution in [0.3, 0.4) is 0 Å². The summed E-state index contributed by atoms with van der Waals surface area (Å²) in [6, 6.07) is 8.03. The molecule has 1 unspecified atom stereocenters. The van der Waals surface area contributed by atoms with E-state index in [0.717, 1.165) is 62.2 Å². The van der Waals surface area contributed by atoms with Gasteiger partial charge in [-0.3, -0.25) is 9.59 Å². The van der Waals surface area contributed by atoms with Crippen LogP contribution >= 0.6 is 12.6 Å². The maximum atomic E-state index is 13.2. The van der Waals surface area contributed by atoms with Crippen LogP contribution in [-0.4, -0.2) is 48.6 Å². The van der Waals surface area contributed by atoms with Crippen molar-refractivity contribution in [1.29, 1.82) is 0 Å². The molecule has 39 heavy (non-hydrogen) atoms. The number of piperidine rings is 1. The number of thiol groups is 1. The van der Waals surface area contributed by atoms with E-state index in [2.05, 4.69) is 31.4 Å². The molecule has 1 atom stereocenters. The molecule has 0 radical (unpaired) electrons. The zero-order valence-electron chi connectivity index (χ0n) is 25.1. The summed E-state index contributed by atoms with van der Waals surface area (Å²) in [7, 11) is 0. The molecule has 1 fully saturated rings. The molecule has 0 N–H and O–H groups in total. The minimum Gasteiger partial charge on any atom is -0.465 e. The molecule has 222 valence electrons. The Labute approximate surface area is 245 Å². The number of likely N-dealkylation sites (tertiary alicyclic amines) is 1. The van der Waals surface area contributed by atoms with Crippen LogP contribution in [0, 0.1) is 11.8 Å². The van der Waals surface area contributed by atoms with Gasteiger partial charge in [0.15, 0.2) is 0 Å². The van der Waals surface area contributed by atoms with E-state index < -0.39 is 0 Å². The van der Waals surface area contributed by atoms with E-state index in [4.69, 9.17) is 4.74 Å². The van der Waals surface area contributed by atoms with Gasteiger partial charge < -0.3 is 9.64 Å². The quantitative estimate of drug-likeness (QED) is 0.0882. The SMILES string of the molecule is CCCCCCCCC(CCCCCC)C(=O)Cc1ccc(CC(=O)OCCC2CCN(CCS)CC2)cc1. The minimum atomic E-state index is -0.155. The van der Waals surface area contributed by atoms with Gasteiger partial charge in [0.1, 0.15) is 5.78 Å². The van der Waals surface area contributed by atoms with Gasteiger partial charge in [-0.05, 0) is 62.2 Å². The monoisotopic (exact) mass is 559 g/mol. The average Bonchev–Trinajstić information content (AvgIpc) is 2.94. The number of ketones is 1. The second-order valence-corrected chi connectivity index (χ2v) is 12.2. The molecule has 0 saturated carbocycles. The first-order valence-electron chi connectivity index (χ1n) is 16.1. The molecule has 0 aliphatic carbocycles.